The average molecular weight is 644 g/mol. The Hall–Kier alpha value is -3.10. The number of halogens is 2. The smallest absolute Gasteiger partial charge is 0.153 e. The van der Waals surface area contributed by atoms with Crippen molar-refractivity contribution in [2.45, 2.75) is 0 Å². The number of hydrogen-bond donors (Lipinski definition) is 0. The van der Waals surface area contributed by atoms with Crippen LogP contribution in [0.2, 0.25) is 0 Å². The highest BCUT2D eigenvalue weighted by Crippen LogP contribution is 2.29. The van der Waals surface area contributed by atoms with Gasteiger partial charge in [0.1, 0.15) is 11.5 Å². The van der Waals surface area contributed by atoms with Crippen molar-refractivity contribution in [3.63, 3.8) is 0 Å². The summed E-state index contributed by atoms with van der Waals surface area (Å²) in [6, 6.07) is 19.9. The molecular formula is C30H32Br2N2O4. The molecule has 8 heteroatoms. The summed E-state index contributed by atoms with van der Waals surface area (Å²) in [6.45, 7) is 1.08. The second-order valence-corrected chi connectivity index (χ2v) is 10.5. The van der Waals surface area contributed by atoms with Crippen LogP contribution in [-0.2, 0) is 0 Å². The standard InChI is InChI=1S/2C15H16BrNO2/c2*1-17(2)14-4-3-11-7-13(10-18)15(19-6-5-16)9-12(11)8-14/h2*3-4,7-10H,5-6H2,1-2H3. The molecule has 4 rings (SSSR count). The van der Waals surface area contributed by atoms with Crippen LogP contribution < -0.4 is 19.3 Å². The molecule has 0 aliphatic heterocycles. The number of benzene rings is 4. The molecule has 0 heterocycles. The summed E-state index contributed by atoms with van der Waals surface area (Å²) < 4.78 is 11.2. The lowest BCUT2D eigenvalue weighted by molar-refractivity contribution is 0.111. The number of rotatable bonds is 10. The fraction of sp³-hybridized carbons (Fsp3) is 0.267. The predicted molar refractivity (Wildman–Crippen MR) is 166 cm³/mol. The van der Waals surface area contributed by atoms with Crippen molar-refractivity contribution in [2.24, 2.45) is 0 Å². The molecule has 0 radical (unpaired) electrons. The lowest BCUT2D eigenvalue weighted by Crippen LogP contribution is -2.08. The first-order valence-electron chi connectivity index (χ1n) is 12.1. The zero-order valence-electron chi connectivity index (χ0n) is 22.0. The van der Waals surface area contributed by atoms with Gasteiger partial charge in [0, 0.05) is 50.2 Å². The summed E-state index contributed by atoms with van der Waals surface area (Å²) in [5.74, 6) is 1.27. The summed E-state index contributed by atoms with van der Waals surface area (Å²) in [5.41, 5.74) is 3.42. The molecule has 0 saturated heterocycles. The Kier molecular flexibility index (Phi) is 11.0. The number of hydrogen-bond acceptors (Lipinski definition) is 6. The van der Waals surface area contributed by atoms with Gasteiger partial charge in [-0.15, -0.1) is 0 Å². The number of anilines is 2. The van der Waals surface area contributed by atoms with E-state index in [-0.39, 0.29) is 0 Å². The maximum atomic E-state index is 11.1. The summed E-state index contributed by atoms with van der Waals surface area (Å²) in [4.78, 5) is 26.3. The molecule has 0 aliphatic rings. The molecule has 0 fully saturated rings. The van der Waals surface area contributed by atoms with Gasteiger partial charge in [-0.05, 0) is 70.1 Å². The van der Waals surface area contributed by atoms with E-state index in [1.807, 2.05) is 86.5 Å². The van der Waals surface area contributed by atoms with Gasteiger partial charge >= 0.3 is 0 Å². The van der Waals surface area contributed by atoms with Crippen LogP contribution in [0.25, 0.3) is 21.5 Å². The van der Waals surface area contributed by atoms with E-state index in [0.29, 0.717) is 35.8 Å². The fourth-order valence-electron chi connectivity index (χ4n) is 3.85. The topological polar surface area (TPSA) is 59.1 Å². The molecule has 0 atom stereocenters. The maximum absolute atomic E-state index is 11.1. The lowest BCUT2D eigenvalue weighted by atomic mass is 10.1. The van der Waals surface area contributed by atoms with Crippen molar-refractivity contribution in [3.8, 4) is 11.5 Å². The Morgan fingerprint density at radius 1 is 0.605 bits per heavy atom. The Morgan fingerprint density at radius 3 is 1.32 bits per heavy atom. The minimum atomic E-state index is 0.541. The van der Waals surface area contributed by atoms with E-state index in [1.165, 1.54) is 0 Å². The predicted octanol–water partition coefficient (Wildman–Crippen LogP) is 6.98. The summed E-state index contributed by atoms with van der Waals surface area (Å²) in [7, 11) is 8.01. The summed E-state index contributed by atoms with van der Waals surface area (Å²) in [6.07, 6.45) is 1.67. The Labute approximate surface area is 240 Å². The minimum Gasteiger partial charge on any atom is -0.492 e. The molecular weight excluding hydrogens is 612 g/mol. The lowest BCUT2D eigenvalue weighted by Gasteiger charge is -2.14. The highest BCUT2D eigenvalue weighted by molar-refractivity contribution is 9.09. The number of nitrogens with zero attached hydrogens (tertiary/aromatic N) is 2. The largest absolute Gasteiger partial charge is 0.492 e. The van der Waals surface area contributed by atoms with Gasteiger partial charge in [-0.2, -0.15) is 0 Å². The number of aldehydes is 2. The third-order valence-corrected chi connectivity index (χ3v) is 6.51. The van der Waals surface area contributed by atoms with Crippen molar-refractivity contribution in [2.75, 3.05) is 61.9 Å². The minimum absolute atomic E-state index is 0.541. The molecule has 0 saturated carbocycles. The van der Waals surface area contributed by atoms with Crippen LogP contribution in [0.15, 0.2) is 60.7 Å². The van der Waals surface area contributed by atoms with Gasteiger partial charge in [0.05, 0.1) is 24.3 Å². The van der Waals surface area contributed by atoms with Crippen LogP contribution in [0.3, 0.4) is 0 Å². The molecule has 6 nitrogen and oxygen atoms in total. The third-order valence-electron chi connectivity index (χ3n) is 5.86. The van der Waals surface area contributed by atoms with Crippen molar-refractivity contribution < 1.29 is 19.1 Å². The molecule has 0 spiro atoms. The van der Waals surface area contributed by atoms with Gasteiger partial charge in [-0.25, -0.2) is 0 Å². The van der Waals surface area contributed by atoms with Gasteiger partial charge in [0.2, 0.25) is 0 Å². The van der Waals surface area contributed by atoms with Crippen LogP contribution in [0.1, 0.15) is 20.7 Å². The van der Waals surface area contributed by atoms with Gasteiger partial charge in [-0.1, -0.05) is 44.0 Å². The van der Waals surface area contributed by atoms with Crippen LogP contribution in [0.5, 0.6) is 11.5 Å². The van der Waals surface area contributed by atoms with Crippen molar-refractivity contribution in [1.82, 2.24) is 0 Å². The van der Waals surface area contributed by atoms with Gasteiger partial charge in [0.15, 0.2) is 12.6 Å². The summed E-state index contributed by atoms with van der Waals surface area (Å²) >= 11 is 6.63. The van der Waals surface area contributed by atoms with E-state index >= 15 is 0 Å². The first kappa shape index (κ1) is 29.5. The Balaban J connectivity index is 0.000000211. The molecule has 0 bridgehead atoms. The number of ether oxygens (including phenoxy) is 2. The normalized spacial score (nSPS) is 10.5. The molecule has 0 unspecified atom stereocenters. The van der Waals surface area contributed by atoms with Crippen molar-refractivity contribution in [1.29, 1.82) is 0 Å². The van der Waals surface area contributed by atoms with Crippen molar-refractivity contribution >= 4 is 77.4 Å². The second kappa shape index (κ2) is 14.2. The van der Waals surface area contributed by atoms with Gasteiger partial charge in [0.25, 0.3) is 0 Å². The SMILES string of the molecule is CN(C)c1ccc2cc(C=O)c(OCCBr)cc2c1.CN(C)c1ccc2cc(C=O)c(OCCBr)cc2c1. The Morgan fingerprint density at radius 2 is 1.00 bits per heavy atom. The third kappa shape index (κ3) is 7.48. The molecule has 4 aromatic carbocycles. The van der Waals surface area contributed by atoms with Crippen LogP contribution in [-0.4, -0.2) is 64.6 Å². The monoisotopic (exact) mass is 642 g/mol. The summed E-state index contributed by atoms with van der Waals surface area (Å²) in [5, 5.41) is 5.70. The quantitative estimate of drug-likeness (QED) is 0.137. The van der Waals surface area contributed by atoms with E-state index in [0.717, 1.165) is 56.2 Å². The molecule has 4 aromatic rings. The molecule has 38 heavy (non-hydrogen) atoms. The van der Waals surface area contributed by atoms with Crippen LogP contribution in [0, 0.1) is 0 Å². The zero-order valence-corrected chi connectivity index (χ0v) is 25.2. The molecule has 200 valence electrons. The second-order valence-electron chi connectivity index (χ2n) is 8.94. The fourth-order valence-corrected chi connectivity index (χ4v) is 4.17. The van der Waals surface area contributed by atoms with E-state index in [1.54, 1.807) is 0 Å². The first-order chi connectivity index (χ1) is 18.3. The van der Waals surface area contributed by atoms with E-state index in [4.69, 9.17) is 9.47 Å². The molecule has 0 aliphatic carbocycles. The number of carbonyl (C=O) groups excluding carboxylic acids is 2. The number of carbonyl (C=O) groups is 2. The van der Waals surface area contributed by atoms with E-state index in [2.05, 4.69) is 44.0 Å². The average Bonchev–Trinajstić information content (AvgIpc) is 2.93. The number of alkyl halides is 2. The molecule has 0 aromatic heterocycles. The van der Waals surface area contributed by atoms with Gasteiger partial charge < -0.3 is 19.3 Å². The highest BCUT2D eigenvalue weighted by Gasteiger charge is 2.08. The zero-order chi connectivity index (χ0) is 27.7. The van der Waals surface area contributed by atoms with Gasteiger partial charge in [-0.3, -0.25) is 9.59 Å². The number of fused-ring (bicyclic) bond motifs is 2. The van der Waals surface area contributed by atoms with Crippen LogP contribution >= 0.6 is 31.9 Å². The maximum Gasteiger partial charge on any atom is 0.153 e. The van der Waals surface area contributed by atoms with Crippen molar-refractivity contribution in [3.05, 3.63) is 71.8 Å². The Bertz CT molecular complexity index is 1300. The van der Waals surface area contributed by atoms with E-state index < -0.39 is 0 Å². The molecule has 0 N–H and O–H groups in total. The highest BCUT2D eigenvalue weighted by atomic mass is 79.9. The van der Waals surface area contributed by atoms with E-state index in [9.17, 15) is 9.59 Å². The first-order valence-corrected chi connectivity index (χ1v) is 14.3. The van der Waals surface area contributed by atoms with Crippen LogP contribution in [0.4, 0.5) is 11.4 Å². The molecule has 0 amide bonds.